The lowest BCUT2D eigenvalue weighted by Crippen LogP contribution is -2.47. The van der Waals surface area contributed by atoms with E-state index in [0.29, 0.717) is 0 Å². The van der Waals surface area contributed by atoms with Crippen LogP contribution in [0.2, 0.25) is 0 Å². The first-order chi connectivity index (χ1) is 20.3. The molecular formula is C40H56N4. The lowest BCUT2D eigenvalue weighted by Gasteiger charge is -2.45. The molecule has 8 bridgehead atoms. The van der Waals surface area contributed by atoms with Crippen molar-refractivity contribution in [2.45, 2.75) is 115 Å². The third kappa shape index (κ3) is 5.48. The van der Waals surface area contributed by atoms with Crippen molar-refractivity contribution in [1.29, 1.82) is 0 Å². The summed E-state index contributed by atoms with van der Waals surface area (Å²) in [5.74, 6) is 0.161. The van der Waals surface area contributed by atoms with E-state index in [9.17, 15) is 0 Å². The predicted octanol–water partition coefficient (Wildman–Crippen LogP) is 11.3. The Morgan fingerprint density at radius 1 is 0.636 bits per heavy atom. The highest BCUT2D eigenvalue weighted by Crippen LogP contribution is 2.51. The van der Waals surface area contributed by atoms with Gasteiger partial charge < -0.3 is 9.97 Å². The van der Waals surface area contributed by atoms with Crippen molar-refractivity contribution in [1.82, 2.24) is 9.97 Å². The van der Waals surface area contributed by atoms with Crippen molar-refractivity contribution in [3.8, 4) is 0 Å². The molecule has 0 atom stereocenters. The minimum absolute atomic E-state index is 0.0114. The summed E-state index contributed by atoms with van der Waals surface area (Å²) in [6.07, 6.45) is 12.3. The van der Waals surface area contributed by atoms with Crippen molar-refractivity contribution in [2.24, 2.45) is 37.1 Å². The fraction of sp³-hybridized carbons (Fsp3) is 0.550. The first kappa shape index (κ1) is 32.3. The Bertz CT molecular complexity index is 1510. The zero-order chi connectivity index (χ0) is 32.5. The first-order valence-corrected chi connectivity index (χ1v) is 16.7. The second kappa shape index (κ2) is 10.7. The molecule has 4 heteroatoms. The van der Waals surface area contributed by atoms with Crippen molar-refractivity contribution >= 4 is 22.6 Å². The van der Waals surface area contributed by atoms with E-state index < -0.39 is 0 Å². The number of allylic oxidation sites excluding steroid dienone is 6. The average Bonchev–Trinajstić information content (AvgIpc) is 3.66. The van der Waals surface area contributed by atoms with Crippen LogP contribution in [0, 0.1) is 27.1 Å². The Labute approximate surface area is 267 Å². The summed E-state index contributed by atoms with van der Waals surface area (Å²) in [4.78, 5) is 19.0. The molecule has 2 N–H and O–H groups in total. The summed E-state index contributed by atoms with van der Waals surface area (Å²) in [5, 5.41) is 0. The van der Waals surface area contributed by atoms with Gasteiger partial charge in [0.15, 0.2) is 0 Å². The van der Waals surface area contributed by atoms with Gasteiger partial charge in [-0.25, -0.2) is 0 Å². The predicted molar refractivity (Wildman–Crippen MR) is 190 cm³/mol. The number of nitrogens with zero attached hydrogens (tertiary/aromatic N) is 2. The van der Waals surface area contributed by atoms with Gasteiger partial charge in [-0.05, 0) is 76.7 Å². The number of aliphatic imine (C=N–C) groups is 2. The number of aromatic amines is 2. The molecule has 4 nitrogen and oxygen atoms in total. The molecule has 0 unspecified atom stereocenters. The molecule has 0 spiro atoms. The smallest absolute Gasteiger partial charge is 0.0692 e. The summed E-state index contributed by atoms with van der Waals surface area (Å²) in [7, 11) is 0. The molecule has 0 radical (unpaired) electrons. The number of aromatic nitrogens is 2. The molecule has 0 saturated heterocycles. The highest BCUT2D eigenvalue weighted by atomic mass is 14.9. The minimum atomic E-state index is -0.332. The van der Waals surface area contributed by atoms with Gasteiger partial charge in [-0.15, -0.1) is 0 Å². The molecule has 0 amide bonds. The molecule has 0 saturated carbocycles. The maximum atomic E-state index is 5.56. The van der Waals surface area contributed by atoms with Crippen molar-refractivity contribution < 1.29 is 0 Å². The van der Waals surface area contributed by atoms with Gasteiger partial charge in [0.25, 0.3) is 0 Å². The lowest BCUT2D eigenvalue weighted by molar-refractivity contribution is 0.233. The minimum Gasteiger partial charge on any atom is -0.358 e. The lowest BCUT2D eigenvalue weighted by atomic mass is 9.58. The number of hydrogen-bond acceptors (Lipinski definition) is 2. The van der Waals surface area contributed by atoms with Gasteiger partial charge >= 0.3 is 0 Å². The molecule has 236 valence electrons. The van der Waals surface area contributed by atoms with E-state index in [-0.39, 0.29) is 33.0 Å². The number of fused-ring (bicyclic) bond motifs is 6. The normalized spacial score (nSPS) is 26.0. The van der Waals surface area contributed by atoms with Crippen LogP contribution in [0.1, 0.15) is 138 Å². The summed E-state index contributed by atoms with van der Waals surface area (Å²) < 4.78 is 0. The number of hydrogen-bond donors (Lipinski definition) is 2. The van der Waals surface area contributed by atoms with Crippen molar-refractivity contribution in [3.63, 3.8) is 0 Å². The van der Waals surface area contributed by atoms with Gasteiger partial charge in [-0.1, -0.05) is 103 Å². The van der Waals surface area contributed by atoms with Crippen LogP contribution in [0.4, 0.5) is 0 Å². The van der Waals surface area contributed by atoms with Gasteiger partial charge in [0.1, 0.15) is 0 Å². The topological polar surface area (TPSA) is 56.3 Å². The van der Waals surface area contributed by atoms with Gasteiger partial charge in [0.05, 0.1) is 28.2 Å². The first-order valence-electron chi connectivity index (χ1n) is 16.7. The number of nitrogens with one attached hydrogen (secondary N) is 2. The van der Waals surface area contributed by atoms with E-state index in [1.165, 1.54) is 22.5 Å². The van der Waals surface area contributed by atoms with Gasteiger partial charge in [-0.3, -0.25) is 9.98 Å². The fourth-order valence-corrected chi connectivity index (χ4v) is 7.86. The Kier molecular flexibility index (Phi) is 7.87. The Morgan fingerprint density at radius 3 is 1.41 bits per heavy atom. The van der Waals surface area contributed by atoms with Crippen LogP contribution >= 0.6 is 0 Å². The van der Waals surface area contributed by atoms with E-state index in [4.69, 9.17) is 9.98 Å². The second-order valence-electron chi connectivity index (χ2n) is 17.4. The molecular weight excluding hydrogens is 536 g/mol. The van der Waals surface area contributed by atoms with E-state index >= 15 is 0 Å². The molecule has 3 aliphatic heterocycles. The molecule has 0 aliphatic carbocycles. The molecule has 0 fully saturated rings. The van der Waals surface area contributed by atoms with Crippen LogP contribution in [0.15, 0.2) is 69.9 Å². The highest BCUT2D eigenvalue weighted by molar-refractivity contribution is 6.23. The maximum absolute atomic E-state index is 5.56. The monoisotopic (exact) mass is 592 g/mol. The molecule has 5 heterocycles. The number of unbranched alkanes of at least 4 members (excludes halogenated alkanes) is 1. The molecule has 44 heavy (non-hydrogen) atoms. The molecule has 5 rings (SSSR count). The standard InChI is InChI=1S/C40H56N4/c1-14-15-24-40(39(11,12)13)31-22-20-29(43-31)34(37(5,6)7)27-18-16-25(41-27)33(36(2,3)4)26-17-19-28(42-26)35(38(8,9)10)30-21-23-32(40)44-30/h16-23,33,41-42H,14-15,24H2,1-13H3/b34-29+,35-30+. The van der Waals surface area contributed by atoms with E-state index in [0.717, 1.165) is 53.5 Å². The molecule has 2 aromatic heterocycles. The largest absolute Gasteiger partial charge is 0.358 e. The Hall–Kier alpha value is -3.14. The number of H-pyrrole nitrogens is 2. The zero-order valence-corrected chi connectivity index (χ0v) is 29.7. The Balaban J connectivity index is 1.92. The van der Waals surface area contributed by atoms with E-state index in [1.807, 2.05) is 0 Å². The third-order valence-electron chi connectivity index (χ3n) is 9.80. The summed E-state index contributed by atoms with van der Waals surface area (Å²) in [6.45, 7) is 30.2. The number of rotatable bonds is 3. The maximum Gasteiger partial charge on any atom is 0.0692 e. The van der Waals surface area contributed by atoms with Crippen LogP contribution in [-0.2, 0) is 0 Å². The summed E-state index contributed by atoms with van der Waals surface area (Å²) in [6, 6.07) is 9.13. The van der Waals surface area contributed by atoms with Crippen LogP contribution in [0.25, 0.3) is 11.1 Å². The third-order valence-corrected chi connectivity index (χ3v) is 9.80. The van der Waals surface area contributed by atoms with Crippen molar-refractivity contribution in [2.75, 3.05) is 0 Å². The van der Waals surface area contributed by atoms with Crippen LogP contribution in [0.5, 0.6) is 0 Å². The van der Waals surface area contributed by atoms with Crippen LogP contribution in [0.3, 0.4) is 0 Å². The highest BCUT2D eigenvalue weighted by Gasteiger charge is 2.50. The molecule has 2 aromatic rings. The molecule has 0 aromatic carbocycles. The summed E-state index contributed by atoms with van der Waals surface area (Å²) >= 11 is 0. The second-order valence-corrected chi connectivity index (χ2v) is 17.4. The van der Waals surface area contributed by atoms with E-state index in [2.05, 4.69) is 149 Å². The van der Waals surface area contributed by atoms with E-state index in [1.54, 1.807) is 0 Å². The Morgan fingerprint density at radius 2 is 1.07 bits per heavy atom. The fourth-order valence-electron chi connectivity index (χ4n) is 7.86. The van der Waals surface area contributed by atoms with Gasteiger partial charge in [-0.2, -0.15) is 0 Å². The SMILES string of the molecule is CCCCC1(C(C)(C)C)C2=N/C(=C(/C(C)(C)C)c3ccc([nH]3)C(C(C)(C)C)c3ccc([nH]3)/C(C(C)(C)C)=C3/C=CC1=N3)C=C2. The van der Waals surface area contributed by atoms with Crippen LogP contribution < -0.4 is 0 Å². The quantitative estimate of drug-likeness (QED) is 0.356. The van der Waals surface area contributed by atoms with Crippen LogP contribution in [-0.4, -0.2) is 21.4 Å². The zero-order valence-electron chi connectivity index (χ0n) is 29.7. The average molecular weight is 593 g/mol. The van der Waals surface area contributed by atoms with Gasteiger partial charge in [0, 0.05) is 39.8 Å². The molecule has 3 aliphatic rings. The van der Waals surface area contributed by atoms with Gasteiger partial charge in [0.2, 0.25) is 0 Å². The van der Waals surface area contributed by atoms with Crippen molar-refractivity contribution in [3.05, 3.63) is 82.7 Å². The summed E-state index contributed by atoms with van der Waals surface area (Å²) in [5.41, 5.74) is 10.9.